The van der Waals surface area contributed by atoms with Gasteiger partial charge in [0.2, 0.25) is 0 Å². The second kappa shape index (κ2) is 7.46. The van der Waals surface area contributed by atoms with Crippen molar-refractivity contribution in [3.63, 3.8) is 0 Å². The molecule has 1 aliphatic heterocycles. The maximum atomic E-state index is 12.6. The van der Waals surface area contributed by atoms with Gasteiger partial charge in [-0.2, -0.15) is 13.2 Å². The van der Waals surface area contributed by atoms with Crippen LogP contribution in [-0.4, -0.2) is 30.0 Å². The van der Waals surface area contributed by atoms with Gasteiger partial charge in [0, 0.05) is 36.6 Å². The number of piperidine rings is 1. The molecule has 2 heterocycles. The first-order valence-electron chi connectivity index (χ1n) is 8.69. The summed E-state index contributed by atoms with van der Waals surface area (Å²) in [5.74, 6) is 0.352. The van der Waals surface area contributed by atoms with Gasteiger partial charge in [-0.3, -0.25) is 4.79 Å². The van der Waals surface area contributed by atoms with Gasteiger partial charge >= 0.3 is 6.18 Å². The van der Waals surface area contributed by atoms with Crippen molar-refractivity contribution in [1.29, 1.82) is 0 Å². The smallest absolute Gasteiger partial charge is 0.399 e. The first-order chi connectivity index (χ1) is 12.7. The van der Waals surface area contributed by atoms with E-state index in [0.29, 0.717) is 43.0 Å². The normalized spacial score (nSPS) is 15.6. The minimum Gasteiger partial charge on any atom is -0.399 e. The number of nitrogen functional groups attached to an aromatic ring is 1. The number of amides is 1. The topological polar surface area (TPSA) is 71.2 Å². The summed E-state index contributed by atoms with van der Waals surface area (Å²) in [5, 5.41) is 3.01. The van der Waals surface area contributed by atoms with Crippen molar-refractivity contribution in [3.05, 3.63) is 53.2 Å². The molecule has 1 aromatic carbocycles. The van der Waals surface area contributed by atoms with E-state index >= 15 is 0 Å². The number of alkyl halides is 3. The molecule has 1 fully saturated rings. The first-order valence-corrected chi connectivity index (χ1v) is 8.69. The van der Waals surface area contributed by atoms with Crippen molar-refractivity contribution in [3.8, 4) is 0 Å². The lowest BCUT2D eigenvalue weighted by Gasteiger charge is -2.33. The van der Waals surface area contributed by atoms with Crippen LogP contribution in [0.4, 0.5) is 24.7 Å². The van der Waals surface area contributed by atoms with Crippen molar-refractivity contribution in [2.24, 2.45) is 0 Å². The Morgan fingerprint density at radius 2 is 1.93 bits per heavy atom. The third-order valence-corrected chi connectivity index (χ3v) is 4.74. The average molecular weight is 378 g/mol. The quantitative estimate of drug-likeness (QED) is 0.804. The Morgan fingerprint density at radius 1 is 1.22 bits per heavy atom. The third-order valence-electron chi connectivity index (χ3n) is 4.74. The second-order valence-corrected chi connectivity index (χ2v) is 6.71. The van der Waals surface area contributed by atoms with Gasteiger partial charge in [-0.25, -0.2) is 4.98 Å². The number of hydrogen-bond donors (Lipinski definition) is 2. The van der Waals surface area contributed by atoms with Gasteiger partial charge in [0.05, 0.1) is 5.56 Å². The summed E-state index contributed by atoms with van der Waals surface area (Å²) in [6.07, 6.45) is -2.15. The van der Waals surface area contributed by atoms with E-state index < -0.39 is 11.7 Å². The van der Waals surface area contributed by atoms with Gasteiger partial charge in [0.15, 0.2) is 0 Å². The van der Waals surface area contributed by atoms with Crippen LogP contribution in [0.5, 0.6) is 0 Å². The van der Waals surface area contributed by atoms with Crippen molar-refractivity contribution in [2.45, 2.75) is 32.0 Å². The number of halogens is 3. The highest BCUT2D eigenvalue weighted by atomic mass is 19.4. The summed E-state index contributed by atoms with van der Waals surface area (Å²) in [4.78, 5) is 18.3. The van der Waals surface area contributed by atoms with Crippen molar-refractivity contribution in [2.75, 3.05) is 23.7 Å². The number of carbonyl (C=O) groups excluding carboxylic acids is 1. The number of aromatic nitrogens is 1. The van der Waals surface area contributed by atoms with Crippen molar-refractivity contribution in [1.82, 2.24) is 10.3 Å². The Kier molecular flexibility index (Phi) is 5.25. The molecule has 1 amide bonds. The molecule has 0 spiro atoms. The predicted molar refractivity (Wildman–Crippen MR) is 97.5 cm³/mol. The molecule has 8 heteroatoms. The van der Waals surface area contributed by atoms with Crippen LogP contribution in [0.15, 0.2) is 36.5 Å². The Hall–Kier alpha value is -2.77. The summed E-state index contributed by atoms with van der Waals surface area (Å²) in [6.45, 7) is 3.08. The maximum absolute atomic E-state index is 12.6. The van der Waals surface area contributed by atoms with E-state index in [4.69, 9.17) is 5.73 Å². The zero-order valence-electron chi connectivity index (χ0n) is 14.9. The SMILES string of the molecule is Cc1ccc(N)cc1C(=O)NC1CCN(c2ccc(C(F)(F)F)cn2)CC1. The number of rotatable bonds is 3. The van der Waals surface area contributed by atoms with Crippen LogP contribution in [0.2, 0.25) is 0 Å². The van der Waals surface area contributed by atoms with E-state index in [9.17, 15) is 18.0 Å². The fourth-order valence-electron chi connectivity index (χ4n) is 3.14. The van der Waals surface area contributed by atoms with E-state index in [1.165, 1.54) is 6.07 Å². The minimum atomic E-state index is -4.39. The molecule has 5 nitrogen and oxygen atoms in total. The van der Waals surface area contributed by atoms with Gasteiger partial charge in [-0.05, 0) is 49.6 Å². The minimum absolute atomic E-state index is 0.00373. The van der Waals surface area contributed by atoms with Crippen LogP contribution in [0.3, 0.4) is 0 Å². The van der Waals surface area contributed by atoms with Crippen LogP contribution in [0.1, 0.15) is 34.3 Å². The lowest BCUT2D eigenvalue weighted by molar-refractivity contribution is -0.137. The second-order valence-electron chi connectivity index (χ2n) is 6.71. The standard InChI is InChI=1S/C19H21F3N4O/c1-12-2-4-14(23)10-16(12)18(27)25-15-6-8-26(9-7-15)17-5-3-13(11-24-17)19(20,21)22/h2-5,10-11,15H,6-9,23H2,1H3,(H,25,27). The predicted octanol–water partition coefficient (Wildman–Crippen LogP) is 3.39. The summed E-state index contributed by atoms with van der Waals surface area (Å²) in [7, 11) is 0. The van der Waals surface area contributed by atoms with Crippen LogP contribution in [0, 0.1) is 6.92 Å². The number of nitrogens with two attached hydrogens (primary N) is 1. The molecule has 0 radical (unpaired) electrons. The van der Waals surface area contributed by atoms with E-state index in [1.807, 2.05) is 17.9 Å². The summed E-state index contributed by atoms with van der Waals surface area (Å²) >= 11 is 0. The highest BCUT2D eigenvalue weighted by molar-refractivity contribution is 5.96. The molecule has 1 aliphatic rings. The van der Waals surface area contributed by atoms with E-state index in [2.05, 4.69) is 10.3 Å². The van der Waals surface area contributed by atoms with E-state index in [0.717, 1.165) is 17.8 Å². The number of carbonyl (C=O) groups is 1. The zero-order valence-corrected chi connectivity index (χ0v) is 14.9. The molecule has 3 N–H and O–H groups in total. The summed E-state index contributed by atoms with van der Waals surface area (Å²) < 4.78 is 37.9. The number of nitrogens with zero attached hydrogens (tertiary/aromatic N) is 2. The number of aryl methyl sites for hydroxylation is 1. The van der Waals surface area contributed by atoms with Gasteiger partial charge < -0.3 is 16.0 Å². The molecule has 3 rings (SSSR count). The largest absolute Gasteiger partial charge is 0.417 e. The van der Waals surface area contributed by atoms with Gasteiger partial charge in [0.1, 0.15) is 5.82 Å². The average Bonchev–Trinajstić information content (AvgIpc) is 2.63. The zero-order chi connectivity index (χ0) is 19.6. The van der Waals surface area contributed by atoms with Gasteiger partial charge in [-0.15, -0.1) is 0 Å². The van der Waals surface area contributed by atoms with Crippen molar-refractivity contribution < 1.29 is 18.0 Å². The monoisotopic (exact) mass is 378 g/mol. The number of hydrogen-bond acceptors (Lipinski definition) is 4. The van der Waals surface area contributed by atoms with E-state index in [1.54, 1.807) is 12.1 Å². The third kappa shape index (κ3) is 4.50. The van der Waals surface area contributed by atoms with Crippen LogP contribution in [-0.2, 0) is 6.18 Å². The molecule has 0 unspecified atom stereocenters. The molecule has 0 saturated carbocycles. The van der Waals surface area contributed by atoms with Crippen LogP contribution >= 0.6 is 0 Å². The Bertz CT molecular complexity index is 813. The number of nitrogens with one attached hydrogen (secondary N) is 1. The van der Waals surface area contributed by atoms with Gasteiger partial charge in [0.25, 0.3) is 5.91 Å². The number of anilines is 2. The lowest BCUT2D eigenvalue weighted by atomic mass is 10.0. The number of benzene rings is 1. The highest BCUT2D eigenvalue weighted by Crippen LogP contribution is 2.29. The fraction of sp³-hybridized carbons (Fsp3) is 0.368. The molecule has 0 atom stereocenters. The first kappa shape index (κ1) is 19.0. The molecular formula is C19H21F3N4O. The fourth-order valence-corrected chi connectivity index (χ4v) is 3.14. The van der Waals surface area contributed by atoms with Crippen molar-refractivity contribution >= 4 is 17.4 Å². The number of pyridine rings is 1. The summed E-state index contributed by atoms with van der Waals surface area (Å²) in [5.41, 5.74) is 6.94. The van der Waals surface area contributed by atoms with E-state index in [-0.39, 0.29) is 11.9 Å². The Morgan fingerprint density at radius 3 is 2.52 bits per heavy atom. The van der Waals surface area contributed by atoms with Crippen LogP contribution < -0.4 is 16.0 Å². The summed E-state index contributed by atoms with van der Waals surface area (Å²) in [6, 6.07) is 7.65. The molecular weight excluding hydrogens is 357 g/mol. The maximum Gasteiger partial charge on any atom is 0.417 e. The molecule has 2 aromatic rings. The van der Waals surface area contributed by atoms with Crippen LogP contribution in [0.25, 0.3) is 0 Å². The molecule has 1 saturated heterocycles. The lowest BCUT2D eigenvalue weighted by Crippen LogP contribution is -2.45. The highest BCUT2D eigenvalue weighted by Gasteiger charge is 2.31. The van der Waals surface area contributed by atoms with Gasteiger partial charge in [-0.1, -0.05) is 6.07 Å². The molecule has 1 aromatic heterocycles. The molecule has 144 valence electrons. The Labute approximate surface area is 155 Å². The Balaban J connectivity index is 1.57. The molecule has 0 bridgehead atoms. The molecule has 0 aliphatic carbocycles. The molecule has 27 heavy (non-hydrogen) atoms.